The van der Waals surface area contributed by atoms with Crippen molar-refractivity contribution in [2.24, 2.45) is 0 Å². The molecule has 1 N–H and O–H groups in total. The Morgan fingerprint density at radius 3 is 2.20 bits per heavy atom. The van der Waals surface area contributed by atoms with E-state index >= 15 is 0 Å². The Kier molecular flexibility index (Phi) is 4.91. The summed E-state index contributed by atoms with van der Waals surface area (Å²) in [7, 11) is 1.76. The van der Waals surface area contributed by atoms with E-state index in [4.69, 9.17) is 0 Å². The first kappa shape index (κ1) is 14.3. The molecule has 2 aromatic rings. The first-order chi connectivity index (χ1) is 9.68. The molecule has 0 aliphatic heterocycles. The van der Waals surface area contributed by atoms with E-state index < -0.39 is 6.10 Å². The highest BCUT2D eigenvalue weighted by Gasteiger charge is 2.13. The van der Waals surface area contributed by atoms with Gasteiger partial charge in [-0.05, 0) is 24.1 Å². The molecule has 0 heterocycles. The van der Waals surface area contributed by atoms with Crippen LogP contribution >= 0.6 is 0 Å². The molecule has 0 bridgehead atoms. The van der Waals surface area contributed by atoms with Crippen LogP contribution in [0.3, 0.4) is 0 Å². The number of rotatable bonds is 5. The Morgan fingerprint density at radius 1 is 1.05 bits per heavy atom. The van der Waals surface area contributed by atoms with Crippen LogP contribution in [0.4, 0.5) is 0 Å². The van der Waals surface area contributed by atoms with Gasteiger partial charge in [-0.1, -0.05) is 48.5 Å². The average molecular weight is 269 g/mol. The van der Waals surface area contributed by atoms with E-state index in [-0.39, 0.29) is 5.91 Å². The van der Waals surface area contributed by atoms with Gasteiger partial charge < -0.3 is 10.0 Å². The van der Waals surface area contributed by atoms with Gasteiger partial charge in [0.2, 0.25) is 0 Å². The third-order valence-corrected chi connectivity index (χ3v) is 3.29. The molecular formula is C17H19NO2. The highest BCUT2D eigenvalue weighted by atomic mass is 16.3. The van der Waals surface area contributed by atoms with Gasteiger partial charge in [-0.15, -0.1) is 0 Å². The molecule has 2 aromatic carbocycles. The predicted octanol–water partition coefficient (Wildman–Crippen LogP) is 2.88. The van der Waals surface area contributed by atoms with Gasteiger partial charge >= 0.3 is 0 Å². The maximum Gasteiger partial charge on any atom is 0.253 e. The lowest BCUT2D eigenvalue weighted by Gasteiger charge is -2.19. The molecule has 20 heavy (non-hydrogen) atoms. The lowest BCUT2D eigenvalue weighted by atomic mass is 10.1. The lowest BCUT2D eigenvalue weighted by Crippen LogP contribution is -2.28. The van der Waals surface area contributed by atoms with E-state index in [1.54, 1.807) is 24.1 Å². The second kappa shape index (κ2) is 6.87. The van der Waals surface area contributed by atoms with Crippen molar-refractivity contribution in [1.82, 2.24) is 4.90 Å². The van der Waals surface area contributed by atoms with Gasteiger partial charge in [-0.3, -0.25) is 4.79 Å². The predicted molar refractivity (Wildman–Crippen MR) is 79.4 cm³/mol. The first-order valence-electron chi connectivity index (χ1n) is 6.72. The van der Waals surface area contributed by atoms with Crippen molar-refractivity contribution < 1.29 is 9.90 Å². The SMILES string of the molecule is CN(CCC(O)c1ccccc1)C(=O)c1ccccc1. The number of benzene rings is 2. The summed E-state index contributed by atoms with van der Waals surface area (Å²) in [6.07, 6.45) is -0.0127. The Hall–Kier alpha value is -2.13. The Morgan fingerprint density at radius 2 is 1.60 bits per heavy atom. The van der Waals surface area contributed by atoms with Gasteiger partial charge in [0.25, 0.3) is 5.91 Å². The summed E-state index contributed by atoms with van der Waals surface area (Å²) in [5.74, 6) is -0.0224. The second-order valence-corrected chi connectivity index (χ2v) is 4.81. The van der Waals surface area contributed by atoms with Gasteiger partial charge in [0.1, 0.15) is 0 Å². The minimum atomic E-state index is -0.540. The average Bonchev–Trinajstić information content (AvgIpc) is 2.53. The van der Waals surface area contributed by atoms with E-state index in [0.717, 1.165) is 5.56 Å². The maximum absolute atomic E-state index is 12.1. The zero-order chi connectivity index (χ0) is 14.4. The first-order valence-corrected chi connectivity index (χ1v) is 6.72. The molecule has 0 radical (unpaired) electrons. The van der Waals surface area contributed by atoms with Gasteiger partial charge in [-0.2, -0.15) is 0 Å². The van der Waals surface area contributed by atoms with Crippen LogP contribution in [0.25, 0.3) is 0 Å². The summed E-state index contributed by atoms with van der Waals surface area (Å²) in [6, 6.07) is 18.7. The molecule has 0 saturated heterocycles. The van der Waals surface area contributed by atoms with E-state index in [0.29, 0.717) is 18.5 Å². The molecule has 0 spiro atoms. The molecule has 1 atom stereocenters. The van der Waals surface area contributed by atoms with Crippen LogP contribution in [0.15, 0.2) is 60.7 Å². The van der Waals surface area contributed by atoms with Crippen LogP contribution in [0.5, 0.6) is 0 Å². The van der Waals surface area contributed by atoms with Crippen molar-refractivity contribution in [2.75, 3.05) is 13.6 Å². The van der Waals surface area contributed by atoms with Crippen LogP contribution in [0.1, 0.15) is 28.4 Å². The van der Waals surface area contributed by atoms with Crippen LogP contribution in [-0.4, -0.2) is 29.5 Å². The largest absolute Gasteiger partial charge is 0.388 e. The summed E-state index contributed by atoms with van der Waals surface area (Å²) in [5.41, 5.74) is 1.55. The minimum Gasteiger partial charge on any atom is -0.388 e. The van der Waals surface area contributed by atoms with Gasteiger partial charge in [0.15, 0.2) is 0 Å². The molecule has 0 aliphatic rings. The molecular weight excluding hydrogens is 250 g/mol. The topological polar surface area (TPSA) is 40.5 Å². The fraction of sp³-hybridized carbons (Fsp3) is 0.235. The second-order valence-electron chi connectivity index (χ2n) is 4.81. The molecule has 0 aliphatic carbocycles. The molecule has 3 heteroatoms. The number of carbonyl (C=O) groups excluding carboxylic acids is 1. The van der Waals surface area contributed by atoms with Crippen LogP contribution in [0, 0.1) is 0 Å². The molecule has 0 fully saturated rings. The van der Waals surface area contributed by atoms with E-state index in [9.17, 15) is 9.90 Å². The summed E-state index contributed by atoms with van der Waals surface area (Å²) in [4.78, 5) is 13.8. The lowest BCUT2D eigenvalue weighted by molar-refractivity contribution is 0.0761. The highest BCUT2D eigenvalue weighted by Crippen LogP contribution is 2.16. The number of hydrogen-bond donors (Lipinski definition) is 1. The van der Waals surface area contributed by atoms with Crippen LogP contribution < -0.4 is 0 Å². The maximum atomic E-state index is 12.1. The van der Waals surface area contributed by atoms with E-state index in [1.807, 2.05) is 48.5 Å². The standard InChI is InChI=1S/C17H19NO2/c1-18(17(20)15-10-6-3-7-11-15)13-12-16(19)14-8-4-2-5-9-14/h2-11,16,19H,12-13H2,1H3. The fourth-order valence-electron chi connectivity index (χ4n) is 2.06. The third-order valence-electron chi connectivity index (χ3n) is 3.29. The van der Waals surface area contributed by atoms with Crippen molar-refractivity contribution in [3.8, 4) is 0 Å². The molecule has 1 amide bonds. The number of amides is 1. The number of carbonyl (C=O) groups is 1. The van der Waals surface area contributed by atoms with Crippen molar-refractivity contribution in [3.63, 3.8) is 0 Å². The van der Waals surface area contributed by atoms with Gasteiger partial charge in [-0.25, -0.2) is 0 Å². The molecule has 104 valence electrons. The number of hydrogen-bond acceptors (Lipinski definition) is 2. The quantitative estimate of drug-likeness (QED) is 0.906. The third kappa shape index (κ3) is 3.68. The summed E-state index contributed by atoms with van der Waals surface area (Å²) in [6.45, 7) is 0.518. The Balaban J connectivity index is 1.89. The molecule has 3 nitrogen and oxygen atoms in total. The summed E-state index contributed by atoms with van der Waals surface area (Å²) < 4.78 is 0. The monoisotopic (exact) mass is 269 g/mol. The molecule has 1 unspecified atom stereocenters. The zero-order valence-corrected chi connectivity index (χ0v) is 11.6. The van der Waals surface area contributed by atoms with Crippen molar-refractivity contribution in [3.05, 3.63) is 71.8 Å². The number of aliphatic hydroxyl groups is 1. The normalized spacial score (nSPS) is 11.9. The molecule has 2 rings (SSSR count). The van der Waals surface area contributed by atoms with Gasteiger partial charge in [0, 0.05) is 19.2 Å². The molecule has 0 saturated carbocycles. The molecule has 0 aromatic heterocycles. The van der Waals surface area contributed by atoms with Crippen LogP contribution in [0.2, 0.25) is 0 Å². The zero-order valence-electron chi connectivity index (χ0n) is 11.6. The van der Waals surface area contributed by atoms with Crippen LogP contribution in [-0.2, 0) is 0 Å². The minimum absolute atomic E-state index is 0.0224. The Bertz CT molecular complexity index is 539. The van der Waals surface area contributed by atoms with E-state index in [1.165, 1.54) is 0 Å². The fourth-order valence-corrected chi connectivity index (χ4v) is 2.06. The van der Waals surface area contributed by atoms with Crippen molar-refractivity contribution in [1.29, 1.82) is 0 Å². The van der Waals surface area contributed by atoms with Gasteiger partial charge in [0.05, 0.1) is 6.10 Å². The van der Waals surface area contributed by atoms with Crippen molar-refractivity contribution in [2.45, 2.75) is 12.5 Å². The van der Waals surface area contributed by atoms with E-state index in [2.05, 4.69) is 0 Å². The summed E-state index contributed by atoms with van der Waals surface area (Å²) in [5, 5.41) is 10.1. The van der Waals surface area contributed by atoms with Crippen molar-refractivity contribution >= 4 is 5.91 Å². The Labute approximate surface area is 119 Å². The highest BCUT2D eigenvalue weighted by molar-refractivity contribution is 5.93. The number of nitrogens with zero attached hydrogens (tertiary/aromatic N) is 1. The number of aliphatic hydroxyl groups excluding tert-OH is 1. The summed E-state index contributed by atoms with van der Waals surface area (Å²) >= 11 is 0. The smallest absolute Gasteiger partial charge is 0.253 e.